The van der Waals surface area contributed by atoms with Crippen molar-refractivity contribution >= 4 is 27.7 Å². The molecule has 0 unspecified atom stereocenters. The maximum absolute atomic E-state index is 13.4. The lowest BCUT2D eigenvalue weighted by molar-refractivity contribution is -0.154. The molecule has 0 heterocycles. The van der Waals surface area contributed by atoms with Crippen molar-refractivity contribution in [2.75, 3.05) is 5.33 Å². The smallest absolute Gasteiger partial charge is 0.313 e. The first-order valence-corrected chi connectivity index (χ1v) is 8.12. The van der Waals surface area contributed by atoms with Crippen LogP contribution in [0.25, 0.3) is 0 Å². The van der Waals surface area contributed by atoms with Gasteiger partial charge in [0, 0.05) is 12.8 Å². The van der Waals surface area contributed by atoms with Gasteiger partial charge in [-0.1, -0.05) is 41.9 Å². The van der Waals surface area contributed by atoms with Crippen LogP contribution in [0, 0.1) is 5.92 Å². The van der Waals surface area contributed by atoms with E-state index in [0.717, 1.165) is 0 Å². The monoisotopic (exact) mass is 374 g/mol. The van der Waals surface area contributed by atoms with E-state index in [4.69, 9.17) is 4.74 Å². The summed E-state index contributed by atoms with van der Waals surface area (Å²) < 4.78 is 32.0. The lowest BCUT2D eigenvalue weighted by Crippen LogP contribution is -2.54. The molecule has 3 nitrogen and oxygen atoms in total. The highest BCUT2D eigenvalue weighted by Crippen LogP contribution is 2.54. The van der Waals surface area contributed by atoms with Crippen LogP contribution in [0.1, 0.15) is 32.3 Å². The number of ketones is 1. The Morgan fingerprint density at radius 2 is 1.95 bits per heavy atom. The highest BCUT2D eigenvalue weighted by Gasteiger charge is 2.60. The van der Waals surface area contributed by atoms with Crippen molar-refractivity contribution in [1.82, 2.24) is 0 Å². The zero-order valence-corrected chi connectivity index (χ0v) is 14.0. The summed E-state index contributed by atoms with van der Waals surface area (Å²) in [5, 5.41) is 0.0130. The Labute approximate surface area is 136 Å². The summed E-state index contributed by atoms with van der Waals surface area (Å²) in [6, 6.07) is 6.32. The molecule has 120 valence electrons. The summed E-state index contributed by atoms with van der Waals surface area (Å²) in [4.78, 5) is 23.8. The summed E-state index contributed by atoms with van der Waals surface area (Å²) in [5.74, 6) is -3.55. The number of hydrogen-bond donors (Lipinski definition) is 0. The number of benzene rings is 1. The maximum Gasteiger partial charge on any atom is 0.313 e. The molecule has 1 aliphatic carbocycles. The second-order valence-electron chi connectivity index (χ2n) is 5.95. The topological polar surface area (TPSA) is 43.4 Å². The van der Waals surface area contributed by atoms with Gasteiger partial charge in [-0.3, -0.25) is 9.59 Å². The zero-order valence-electron chi connectivity index (χ0n) is 12.4. The van der Waals surface area contributed by atoms with Crippen molar-refractivity contribution in [2.24, 2.45) is 5.92 Å². The van der Waals surface area contributed by atoms with Gasteiger partial charge in [0.15, 0.2) is 5.78 Å². The fourth-order valence-electron chi connectivity index (χ4n) is 2.61. The van der Waals surface area contributed by atoms with Gasteiger partial charge in [0.1, 0.15) is 5.75 Å². The summed E-state index contributed by atoms with van der Waals surface area (Å²) in [6.07, 6.45) is -1.02. The van der Waals surface area contributed by atoms with Crippen molar-refractivity contribution in [1.29, 1.82) is 0 Å². The molecule has 1 aromatic carbocycles. The Bertz CT molecular complexity index is 591. The second kappa shape index (κ2) is 6.07. The van der Waals surface area contributed by atoms with Gasteiger partial charge in [-0.15, -0.1) is 0 Å². The molecule has 0 bridgehead atoms. The van der Waals surface area contributed by atoms with Gasteiger partial charge in [0.2, 0.25) is 0 Å². The summed E-state index contributed by atoms with van der Waals surface area (Å²) in [6.45, 7) is 3.41. The van der Waals surface area contributed by atoms with Crippen molar-refractivity contribution in [2.45, 2.75) is 38.0 Å². The van der Waals surface area contributed by atoms with Gasteiger partial charge >= 0.3 is 5.97 Å². The van der Waals surface area contributed by atoms with Crippen molar-refractivity contribution in [3.05, 3.63) is 29.8 Å². The number of alkyl halides is 3. The maximum atomic E-state index is 13.4. The van der Waals surface area contributed by atoms with E-state index in [1.807, 2.05) is 0 Å². The van der Waals surface area contributed by atoms with Crippen molar-refractivity contribution in [3.63, 3.8) is 0 Å². The number of carbonyl (C=O) groups excluding carboxylic acids is 2. The van der Waals surface area contributed by atoms with Crippen LogP contribution in [0.3, 0.4) is 0 Å². The molecule has 1 aliphatic rings. The van der Waals surface area contributed by atoms with Crippen LogP contribution in [-0.4, -0.2) is 23.0 Å². The molecule has 0 radical (unpaired) electrons. The normalized spacial score (nSPS) is 18.6. The minimum atomic E-state index is -2.83. The van der Waals surface area contributed by atoms with Gasteiger partial charge in [-0.2, -0.15) is 0 Å². The number of rotatable bonds is 5. The molecule has 2 rings (SSSR count). The highest BCUT2D eigenvalue weighted by molar-refractivity contribution is 9.09. The molecule has 1 fully saturated rings. The number of Topliss-reactive ketones (excluding diaryl/α,β-unsaturated/α-hetero) is 1. The largest absolute Gasteiger partial charge is 0.426 e. The van der Waals surface area contributed by atoms with Crippen LogP contribution >= 0.6 is 15.9 Å². The molecule has 0 N–H and O–H groups in total. The minimum Gasteiger partial charge on any atom is -0.426 e. The van der Waals surface area contributed by atoms with Crippen molar-refractivity contribution in [3.8, 4) is 5.75 Å². The van der Waals surface area contributed by atoms with Crippen LogP contribution in [0.2, 0.25) is 0 Å². The Morgan fingerprint density at radius 3 is 2.45 bits per heavy atom. The Kier molecular flexibility index (Phi) is 4.70. The van der Waals surface area contributed by atoms with Gasteiger partial charge in [-0.25, -0.2) is 8.78 Å². The van der Waals surface area contributed by atoms with Gasteiger partial charge < -0.3 is 4.74 Å². The van der Waals surface area contributed by atoms with E-state index < -0.39 is 30.1 Å². The number of halogens is 3. The van der Waals surface area contributed by atoms with Gasteiger partial charge in [0.05, 0.1) is 16.7 Å². The molecule has 0 atom stereocenters. The van der Waals surface area contributed by atoms with Crippen LogP contribution in [0.4, 0.5) is 8.78 Å². The summed E-state index contributed by atoms with van der Waals surface area (Å²) in [7, 11) is 0. The number of ether oxygens (including phenoxy) is 1. The van der Waals surface area contributed by atoms with E-state index in [1.165, 1.54) is 6.07 Å². The molecule has 0 saturated heterocycles. The predicted molar refractivity (Wildman–Crippen MR) is 81.6 cm³/mol. The van der Waals surface area contributed by atoms with Gasteiger partial charge in [0.25, 0.3) is 5.92 Å². The third kappa shape index (κ3) is 3.21. The van der Waals surface area contributed by atoms with Crippen molar-refractivity contribution < 1.29 is 23.1 Å². The van der Waals surface area contributed by atoms with E-state index >= 15 is 0 Å². The quantitative estimate of drug-likeness (QED) is 0.446. The molecule has 0 spiro atoms. The number of esters is 1. The molecule has 0 aromatic heterocycles. The van der Waals surface area contributed by atoms with Gasteiger partial charge in [-0.05, 0) is 17.7 Å². The number of hydrogen-bond acceptors (Lipinski definition) is 3. The number of carbonyl (C=O) groups is 2. The summed E-state index contributed by atoms with van der Waals surface area (Å²) >= 11 is 3.06. The highest BCUT2D eigenvalue weighted by atomic mass is 79.9. The minimum absolute atomic E-state index is 0.0130. The third-order valence-electron chi connectivity index (χ3n) is 3.85. The van der Waals surface area contributed by atoms with Crippen LogP contribution in [0.15, 0.2) is 24.3 Å². The lowest BCUT2D eigenvalue weighted by atomic mass is 9.60. The Hall–Kier alpha value is -1.30. The Morgan fingerprint density at radius 1 is 1.32 bits per heavy atom. The van der Waals surface area contributed by atoms with Crippen LogP contribution < -0.4 is 4.74 Å². The molecule has 22 heavy (non-hydrogen) atoms. The Balaban J connectivity index is 2.30. The van der Waals surface area contributed by atoms with Crippen LogP contribution in [0.5, 0.6) is 5.75 Å². The fourth-order valence-corrected chi connectivity index (χ4v) is 3.15. The van der Waals surface area contributed by atoms with E-state index in [-0.39, 0.29) is 22.8 Å². The molecule has 6 heteroatoms. The summed E-state index contributed by atoms with van der Waals surface area (Å²) in [5.41, 5.74) is -0.732. The van der Waals surface area contributed by atoms with E-state index in [9.17, 15) is 18.4 Å². The fraction of sp³-hybridized carbons (Fsp3) is 0.500. The molecule has 0 aliphatic heterocycles. The van der Waals surface area contributed by atoms with Crippen LogP contribution in [-0.2, 0) is 15.0 Å². The average Bonchev–Trinajstić information content (AvgIpc) is 2.43. The predicted octanol–water partition coefficient (Wildman–Crippen LogP) is 3.88. The van der Waals surface area contributed by atoms with E-state index in [0.29, 0.717) is 5.56 Å². The standard InChI is InChI=1S/C16H17BrF2O3/c1-10(2)14(21)22-12-5-3-4-11(6-12)15(13(20)7-17)8-16(18,19)9-15/h3-6,10H,7-9H2,1-2H3. The molecule has 1 aromatic rings. The first-order valence-electron chi connectivity index (χ1n) is 6.99. The zero-order chi connectivity index (χ0) is 16.5. The first kappa shape index (κ1) is 17.1. The molecular weight excluding hydrogens is 358 g/mol. The second-order valence-corrected chi connectivity index (χ2v) is 6.51. The SMILES string of the molecule is CC(C)C(=O)Oc1cccc(C2(C(=O)CBr)CC(F)(F)C2)c1. The molecule has 1 saturated carbocycles. The third-order valence-corrected chi connectivity index (χ3v) is 4.36. The molecular formula is C16H17BrF2O3. The first-order chi connectivity index (χ1) is 10.2. The van der Waals surface area contributed by atoms with E-state index in [1.54, 1.807) is 32.0 Å². The lowest BCUT2D eigenvalue weighted by Gasteiger charge is -2.46. The average molecular weight is 375 g/mol. The molecule has 0 amide bonds. The van der Waals surface area contributed by atoms with E-state index in [2.05, 4.69) is 15.9 Å².